The molecule has 0 aromatic carbocycles. The normalized spacial score (nSPS) is 22.0. The fraction of sp³-hybridized carbons (Fsp3) is 0.846. The Morgan fingerprint density at radius 3 is 1.94 bits per heavy atom. The minimum atomic E-state index is 0.462. The van der Waals surface area contributed by atoms with E-state index in [9.17, 15) is 0 Å². The highest BCUT2D eigenvalue weighted by atomic mass is 31.1. The van der Waals surface area contributed by atoms with Crippen molar-refractivity contribution in [2.45, 2.75) is 70.1 Å². The molecule has 1 aliphatic carbocycles. The molecule has 0 radical (unpaired) electrons. The van der Waals surface area contributed by atoms with Crippen molar-refractivity contribution in [3.05, 3.63) is 11.9 Å². The second-order valence-corrected chi connectivity index (χ2v) is 5.68. The van der Waals surface area contributed by atoms with Crippen molar-refractivity contribution in [2.75, 3.05) is 0 Å². The molecule has 1 atom stereocenters. The summed E-state index contributed by atoms with van der Waals surface area (Å²) in [5, 5.41) is 0. The maximum atomic E-state index is 4.53. The first-order chi connectivity index (χ1) is 7.97. The maximum Gasteiger partial charge on any atom is 0.0677 e. The van der Waals surface area contributed by atoms with E-state index in [1.54, 1.807) is 0 Å². The van der Waals surface area contributed by atoms with E-state index in [1.807, 2.05) is 6.20 Å². The molecule has 1 aromatic rings. The summed E-state index contributed by atoms with van der Waals surface area (Å²) in [5.41, 5.74) is 1.30. The summed E-state index contributed by atoms with van der Waals surface area (Å²) in [4.78, 5) is 0. The third kappa shape index (κ3) is 3.90. The molecule has 0 N–H and O–H groups in total. The summed E-state index contributed by atoms with van der Waals surface area (Å²) in [6.07, 6.45) is 16.1. The zero-order valence-corrected chi connectivity index (χ0v) is 11.1. The van der Waals surface area contributed by atoms with E-state index in [4.69, 9.17) is 0 Å². The molecular weight excluding hydrogens is 215 g/mol. The summed E-state index contributed by atoms with van der Waals surface area (Å²) < 4.78 is 8.78. The maximum absolute atomic E-state index is 4.53. The van der Waals surface area contributed by atoms with Crippen molar-refractivity contribution in [2.24, 2.45) is 0 Å². The van der Waals surface area contributed by atoms with Crippen LogP contribution < -0.4 is 0 Å². The molecule has 1 fully saturated rings. The van der Waals surface area contributed by atoms with Crippen LogP contribution in [-0.4, -0.2) is 9.49 Å². The average Bonchev–Trinajstić information content (AvgIpc) is 2.79. The molecule has 0 saturated heterocycles. The van der Waals surface area contributed by atoms with Crippen molar-refractivity contribution in [3.63, 3.8) is 0 Å². The highest BCUT2D eigenvalue weighted by Crippen LogP contribution is 2.28. The van der Waals surface area contributed by atoms with Gasteiger partial charge in [0.05, 0.1) is 20.4 Å². The smallest absolute Gasteiger partial charge is 0.0677 e. The van der Waals surface area contributed by atoms with Gasteiger partial charge in [-0.05, 0) is 12.8 Å². The fourth-order valence-electron chi connectivity index (χ4n) is 2.69. The van der Waals surface area contributed by atoms with Crippen LogP contribution in [0.3, 0.4) is 0 Å². The first-order valence-electron chi connectivity index (χ1n) is 6.82. The zero-order chi connectivity index (χ0) is 11.1. The predicted molar refractivity (Wildman–Crippen MR) is 70.4 cm³/mol. The highest BCUT2D eigenvalue weighted by Gasteiger charge is 2.13. The Labute approximate surface area is 100 Å². The number of nitrogens with zero attached hydrogens (tertiary/aromatic N) is 2. The summed E-state index contributed by atoms with van der Waals surface area (Å²) in [5.74, 6) is 0.719. The standard InChI is InChI=1S/C13H23N2P/c1-2-4-6-8-10-12(9-7-5-3-1)13-11-14-16-15-13/h11-12,16H,1-10H2. The van der Waals surface area contributed by atoms with Gasteiger partial charge in [0.1, 0.15) is 0 Å². The van der Waals surface area contributed by atoms with E-state index < -0.39 is 0 Å². The molecule has 1 unspecified atom stereocenters. The lowest BCUT2D eigenvalue weighted by atomic mass is 9.93. The van der Waals surface area contributed by atoms with E-state index in [-0.39, 0.29) is 0 Å². The van der Waals surface area contributed by atoms with Crippen LogP contribution in [0, 0.1) is 0 Å². The fourth-order valence-corrected chi connectivity index (χ4v) is 3.29. The Balaban J connectivity index is 1.88. The minimum Gasteiger partial charge on any atom is -0.228 e. The number of aromatic nitrogens is 2. The summed E-state index contributed by atoms with van der Waals surface area (Å²) in [7, 11) is 0.462. The molecule has 1 aromatic heterocycles. The van der Waals surface area contributed by atoms with Crippen molar-refractivity contribution in [1.29, 1.82) is 0 Å². The Hall–Kier alpha value is -0.360. The van der Waals surface area contributed by atoms with Crippen molar-refractivity contribution < 1.29 is 0 Å². The summed E-state index contributed by atoms with van der Waals surface area (Å²) >= 11 is 0. The van der Waals surface area contributed by atoms with Crippen LogP contribution in [0.4, 0.5) is 0 Å². The van der Waals surface area contributed by atoms with Gasteiger partial charge < -0.3 is 0 Å². The molecule has 2 rings (SSSR count). The quantitative estimate of drug-likeness (QED) is 0.719. The lowest BCUT2D eigenvalue weighted by Crippen LogP contribution is -1.99. The van der Waals surface area contributed by atoms with Gasteiger partial charge in [0.25, 0.3) is 0 Å². The van der Waals surface area contributed by atoms with Gasteiger partial charge in [-0.1, -0.05) is 51.4 Å². The molecule has 16 heavy (non-hydrogen) atoms. The van der Waals surface area contributed by atoms with E-state index in [2.05, 4.69) is 9.49 Å². The molecule has 2 nitrogen and oxygen atoms in total. The third-order valence-electron chi connectivity index (χ3n) is 3.71. The monoisotopic (exact) mass is 238 g/mol. The first-order valence-corrected chi connectivity index (χ1v) is 7.72. The highest BCUT2D eigenvalue weighted by molar-refractivity contribution is 7.20. The lowest BCUT2D eigenvalue weighted by molar-refractivity contribution is 0.507. The molecule has 1 saturated carbocycles. The Morgan fingerprint density at radius 2 is 1.44 bits per heavy atom. The van der Waals surface area contributed by atoms with Crippen LogP contribution in [0.5, 0.6) is 0 Å². The predicted octanol–water partition coefficient (Wildman–Crippen LogP) is 4.51. The molecule has 0 amide bonds. The van der Waals surface area contributed by atoms with Crippen LogP contribution in [0.15, 0.2) is 6.20 Å². The van der Waals surface area contributed by atoms with Gasteiger partial charge >= 0.3 is 0 Å². The van der Waals surface area contributed by atoms with Crippen LogP contribution in [0.1, 0.15) is 75.8 Å². The largest absolute Gasteiger partial charge is 0.228 e. The molecule has 0 bridgehead atoms. The van der Waals surface area contributed by atoms with E-state index in [0.29, 0.717) is 8.51 Å². The molecule has 1 heterocycles. The zero-order valence-electron chi connectivity index (χ0n) is 10.1. The Bertz CT molecular complexity index is 259. The Morgan fingerprint density at radius 1 is 0.875 bits per heavy atom. The van der Waals surface area contributed by atoms with E-state index in [1.165, 1.54) is 69.9 Å². The van der Waals surface area contributed by atoms with Gasteiger partial charge in [-0.25, -0.2) is 9.49 Å². The first kappa shape index (κ1) is 12.1. The number of hydrogen-bond acceptors (Lipinski definition) is 2. The van der Waals surface area contributed by atoms with Crippen molar-refractivity contribution in [3.8, 4) is 0 Å². The molecule has 0 spiro atoms. The minimum absolute atomic E-state index is 0.462. The van der Waals surface area contributed by atoms with Gasteiger partial charge in [-0.15, -0.1) is 0 Å². The van der Waals surface area contributed by atoms with Crippen LogP contribution in [-0.2, 0) is 0 Å². The molecule has 90 valence electrons. The van der Waals surface area contributed by atoms with E-state index >= 15 is 0 Å². The SMILES string of the molecule is c1n[pH]nc1C1CCCCCCCCCC1. The average molecular weight is 238 g/mol. The van der Waals surface area contributed by atoms with Crippen LogP contribution in [0.2, 0.25) is 0 Å². The Kier molecular flexibility index (Phi) is 5.34. The molecule has 3 heteroatoms. The van der Waals surface area contributed by atoms with Gasteiger partial charge in [-0.3, -0.25) is 0 Å². The third-order valence-corrected chi connectivity index (χ3v) is 4.31. The summed E-state index contributed by atoms with van der Waals surface area (Å²) in [6, 6.07) is 0. The molecule has 1 aliphatic rings. The van der Waals surface area contributed by atoms with Gasteiger partial charge in [0.15, 0.2) is 0 Å². The number of hydrogen-bond donors (Lipinski definition) is 0. The van der Waals surface area contributed by atoms with Crippen molar-refractivity contribution in [1.82, 2.24) is 9.49 Å². The van der Waals surface area contributed by atoms with Crippen molar-refractivity contribution >= 4 is 8.51 Å². The topological polar surface area (TPSA) is 25.8 Å². The molecular formula is C13H23N2P. The second-order valence-electron chi connectivity index (χ2n) is 5.00. The van der Waals surface area contributed by atoms with E-state index in [0.717, 1.165) is 5.92 Å². The van der Waals surface area contributed by atoms with Gasteiger partial charge in [0, 0.05) is 5.92 Å². The van der Waals surface area contributed by atoms with Crippen LogP contribution in [0.25, 0.3) is 0 Å². The summed E-state index contributed by atoms with van der Waals surface area (Å²) in [6.45, 7) is 0. The molecule has 0 aliphatic heterocycles. The van der Waals surface area contributed by atoms with Gasteiger partial charge in [-0.2, -0.15) is 0 Å². The lowest BCUT2D eigenvalue weighted by Gasteiger charge is -2.13. The van der Waals surface area contributed by atoms with Gasteiger partial charge in [0.2, 0.25) is 0 Å². The second kappa shape index (κ2) is 7.06. The van der Waals surface area contributed by atoms with Crippen LogP contribution >= 0.6 is 8.51 Å². The number of rotatable bonds is 1.